The average molecular weight is 369 g/mol. The van der Waals surface area contributed by atoms with E-state index in [9.17, 15) is 4.79 Å². The van der Waals surface area contributed by atoms with Gasteiger partial charge in [-0.2, -0.15) is 5.10 Å². The van der Waals surface area contributed by atoms with Crippen LogP contribution in [0.2, 0.25) is 0 Å². The van der Waals surface area contributed by atoms with E-state index in [1.807, 2.05) is 91.1 Å². The molecule has 28 heavy (non-hydrogen) atoms. The monoisotopic (exact) mass is 369 g/mol. The third-order valence-corrected chi connectivity index (χ3v) is 4.36. The van der Waals surface area contributed by atoms with E-state index < -0.39 is 0 Å². The third-order valence-electron chi connectivity index (χ3n) is 4.36. The molecule has 1 N–H and O–H groups in total. The standard InChI is InChI=1S/C23H19N3O2/c1-28-20-14-8-13-19(15-20)26-16-21(17-9-4-2-5-10-17)22(25-26)23(27)24-18-11-6-3-7-12-18/h2-16H,1H3,(H,24,27). The minimum Gasteiger partial charge on any atom is -0.497 e. The number of hydrogen-bond donors (Lipinski definition) is 1. The van der Waals surface area contributed by atoms with E-state index in [1.165, 1.54) is 0 Å². The molecule has 5 nitrogen and oxygen atoms in total. The number of rotatable bonds is 5. The van der Waals surface area contributed by atoms with E-state index in [-0.39, 0.29) is 5.91 Å². The van der Waals surface area contributed by atoms with Crippen LogP contribution in [0.25, 0.3) is 16.8 Å². The predicted octanol–water partition coefficient (Wildman–Crippen LogP) is 4.80. The largest absolute Gasteiger partial charge is 0.497 e. The first-order valence-corrected chi connectivity index (χ1v) is 8.90. The number of amides is 1. The second-order valence-electron chi connectivity index (χ2n) is 6.22. The van der Waals surface area contributed by atoms with Gasteiger partial charge in [-0.05, 0) is 29.8 Å². The number of aromatic nitrogens is 2. The van der Waals surface area contributed by atoms with Crippen molar-refractivity contribution in [3.05, 3.63) is 96.8 Å². The van der Waals surface area contributed by atoms with Gasteiger partial charge in [0.15, 0.2) is 5.69 Å². The molecule has 1 heterocycles. The molecule has 1 amide bonds. The van der Waals surface area contributed by atoms with Crippen molar-refractivity contribution >= 4 is 11.6 Å². The molecule has 0 aliphatic rings. The molecular weight excluding hydrogens is 350 g/mol. The number of nitrogens with one attached hydrogen (secondary N) is 1. The molecule has 1 aromatic heterocycles. The highest BCUT2D eigenvalue weighted by Gasteiger charge is 2.19. The second-order valence-corrected chi connectivity index (χ2v) is 6.22. The summed E-state index contributed by atoms with van der Waals surface area (Å²) in [5.74, 6) is 0.469. The number of anilines is 1. The molecule has 5 heteroatoms. The Labute approximate surface area is 163 Å². The van der Waals surface area contributed by atoms with Crippen molar-refractivity contribution in [1.29, 1.82) is 0 Å². The average Bonchev–Trinajstić information content (AvgIpc) is 3.21. The first-order chi connectivity index (χ1) is 13.7. The fraction of sp³-hybridized carbons (Fsp3) is 0.0435. The van der Waals surface area contributed by atoms with Gasteiger partial charge >= 0.3 is 0 Å². The van der Waals surface area contributed by atoms with Crippen molar-refractivity contribution in [3.63, 3.8) is 0 Å². The van der Waals surface area contributed by atoms with E-state index in [4.69, 9.17) is 4.74 Å². The summed E-state index contributed by atoms with van der Waals surface area (Å²) in [5.41, 5.74) is 3.59. The van der Waals surface area contributed by atoms with E-state index in [1.54, 1.807) is 11.8 Å². The first kappa shape index (κ1) is 17.5. The van der Waals surface area contributed by atoms with Crippen molar-refractivity contribution in [2.75, 3.05) is 12.4 Å². The number of ether oxygens (including phenoxy) is 1. The Morgan fingerprint density at radius 2 is 1.64 bits per heavy atom. The zero-order valence-electron chi connectivity index (χ0n) is 15.4. The smallest absolute Gasteiger partial charge is 0.276 e. The quantitative estimate of drug-likeness (QED) is 0.550. The number of benzene rings is 3. The lowest BCUT2D eigenvalue weighted by Gasteiger charge is -2.05. The summed E-state index contributed by atoms with van der Waals surface area (Å²) in [4.78, 5) is 13.0. The molecule has 0 radical (unpaired) electrons. The van der Waals surface area contributed by atoms with Crippen molar-refractivity contribution in [3.8, 4) is 22.6 Å². The molecule has 0 saturated heterocycles. The van der Waals surface area contributed by atoms with Crippen LogP contribution in [-0.2, 0) is 0 Å². The SMILES string of the molecule is COc1cccc(-n2cc(-c3ccccc3)c(C(=O)Nc3ccccc3)n2)c1. The van der Waals surface area contributed by atoms with Crippen molar-refractivity contribution < 1.29 is 9.53 Å². The first-order valence-electron chi connectivity index (χ1n) is 8.90. The van der Waals surface area contributed by atoms with Crippen LogP contribution in [0.3, 0.4) is 0 Å². The van der Waals surface area contributed by atoms with Crippen LogP contribution in [0.15, 0.2) is 91.1 Å². The minimum absolute atomic E-state index is 0.258. The third kappa shape index (κ3) is 3.64. The Morgan fingerprint density at radius 1 is 0.929 bits per heavy atom. The van der Waals surface area contributed by atoms with Gasteiger partial charge in [-0.25, -0.2) is 4.68 Å². The van der Waals surface area contributed by atoms with Crippen molar-refractivity contribution in [1.82, 2.24) is 9.78 Å². The molecule has 4 aromatic rings. The van der Waals surface area contributed by atoms with Gasteiger partial charge in [0.05, 0.1) is 12.8 Å². The topological polar surface area (TPSA) is 56.1 Å². The van der Waals surface area contributed by atoms with E-state index in [0.717, 1.165) is 28.3 Å². The van der Waals surface area contributed by atoms with Gasteiger partial charge in [0, 0.05) is 23.5 Å². The summed E-state index contributed by atoms with van der Waals surface area (Å²) in [6.45, 7) is 0. The lowest BCUT2D eigenvalue weighted by atomic mass is 10.1. The van der Waals surface area contributed by atoms with E-state index in [2.05, 4.69) is 10.4 Å². The highest BCUT2D eigenvalue weighted by Crippen LogP contribution is 2.26. The van der Waals surface area contributed by atoms with Gasteiger partial charge in [0.25, 0.3) is 5.91 Å². The number of carbonyl (C=O) groups is 1. The summed E-state index contributed by atoms with van der Waals surface area (Å²) < 4.78 is 7.00. The summed E-state index contributed by atoms with van der Waals surface area (Å²) in [5, 5.41) is 7.49. The molecule has 0 aliphatic carbocycles. The normalized spacial score (nSPS) is 10.5. The Hall–Kier alpha value is -3.86. The molecule has 0 spiro atoms. The molecule has 0 fully saturated rings. The van der Waals surface area contributed by atoms with Gasteiger partial charge in [-0.1, -0.05) is 54.6 Å². The molecule has 0 bridgehead atoms. The van der Waals surface area contributed by atoms with Crippen LogP contribution in [0.1, 0.15) is 10.5 Å². The van der Waals surface area contributed by atoms with E-state index in [0.29, 0.717) is 5.69 Å². The van der Waals surface area contributed by atoms with Gasteiger partial charge < -0.3 is 10.1 Å². The molecule has 3 aromatic carbocycles. The lowest BCUT2D eigenvalue weighted by Crippen LogP contribution is -2.14. The summed E-state index contributed by atoms with van der Waals surface area (Å²) in [6, 6.07) is 26.7. The van der Waals surface area contributed by atoms with Gasteiger partial charge in [-0.15, -0.1) is 0 Å². The minimum atomic E-state index is -0.258. The zero-order chi connectivity index (χ0) is 19.3. The fourth-order valence-electron chi connectivity index (χ4n) is 2.97. The number of carbonyl (C=O) groups excluding carboxylic acids is 1. The van der Waals surface area contributed by atoms with Gasteiger partial charge in [0.1, 0.15) is 5.75 Å². The molecule has 4 rings (SSSR count). The van der Waals surface area contributed by atoms with Crippen LogP contribution >= 0.6 is 0 Å². The number of hydrogen-bond acceptors (Lipinski definition) is 3. The Kier molecular flexibility index (Phi) is 4.89. The van der Waals surface area contributed by atoms with Crippen LogP contribution in [0.5, 0.6) is 5.75 Å². The van der Waals surface area contributed by atoms with Crippen LogP contribution in [-0.4, -0.2) is 22.8 Å². The van der Waals surface area contributed by atoms with Crippen molar-refractivity contribution in [2.24, 2.45) is 0 Å². The van der Waals surface area contributed by atoms with E-state index >= 15 is 0 Å². The molecule has 0 saturated carbocycles. The molecule has 0 atom stereocenters. The molecule has 0 unspecified atom stereocenters. The van der Waals surface area contributed by atoms with Gasteiger partial charge in [-0.3, -0.25) is 4.79 Å². The summed E-state index contributed by atoms with van der Waals surface area (Å²) in [7, 11) is 1.62. The summed E-state index contributed by atoms with van der Waals surface area (Å²) >= 11 is 0. The molecule has 0 aliphatic heterocycles. The highest BCUT2D eigenvalue weighted by atomic mass is 16.5. The molecule has 138 valence electrons. The maximum atomic E-state index is 13.0. The van der Waals surface area contributed by atoms with Crippen LogP contribution in [0, 0.1) is 0 Å². The van der Waals surface area contributed by atoms with Gasteiger partial charge in [0.2, 0.25) is 0 Å². The second kappa shape index (κ2) is 7.80. The Bertz CT molecular complexity index is 1090. The molecular formula is C23H19N3O2. The number of methoxy groups -OCH3 is 1. The fourth-order valence-corrected chi connectivity index (χ4v) is 2.97. The van der Waals surface area contributed by atoms with Crippen LogP contribution in [0.4, 0.5) is 5.69 Å². The Balaban J connectivity index is 1.77. The zero-order valence-corrected chi connectivity index (χ0v) is 15.4. The number of para-hydroxylation sites is 1. The van der Waals surface area contributed by atoms with Crippen LogP contribution < -0.4 is 10.1 Å². The Morgan fingerprint density at radius 3 is 2.36 bits per heavy atom. The summed E-state index contributed by atoms with van der Waals surface area (Å²) in [6.07, 6.45) is 1.87. The van der Waals surface area contributed by atoms with Crippen molar-refractivity contribution in [2.45, 2.75) is 0 Å². The highest BCUT2D eigenvalue weighted by molar-refractivity contribution is 6.07. The predicted molar refractivity (Wildman–Crippen MR) is 110 cm³/mol. The number of nitrogens with zero attached hydrogens (tertiary/aromatic N) is 2. The maximum absolute atomic E-state index is 13.0. The lowest BCUT2D eigenvalue weighted by molar-refractivity contribution is 0.102. The maximum Gasteiger partial charge on any atom is 0.276 e.